The molecule has 0 aliphatic carbocycles. The molecule has 1 aromatic heterocycles. The molecule has 0 radical (unpaired) electrons. The Hall–Kier alpha value is -1.68. The normalized spacial score (nSPS) is 10.3. The largest absolute Gasteiger partial charge is 0.345 e. The van der Waals surface area contributed by atoms with Crippen LogP contribution >= 0.6 is 11.3 Å². The number of thiophene rings is 1. The molecule has 0 aliphatic rings. The average Bonchev–Trinajstić information content (AvgIpc) is 2.81. The van der Waals surface area contributed by atoms with Crippen molar-refractivity contribution in [1.29, 1.82) is 0 Å². The van der Waals surface area contributed by atoms with E-state index in [4.69, 9.17) is 0 Å². The number of carbonyl (C=O) groups excluding carboxylic acids is 1. The lowest BCUT2D eigenvalue weighted by molar-refractivity contribution is 0.0823. The van der Waals surface area contributed by atoms with Gasteiger partial charge in [0.1, 0.15) is 5.82 Å². The van der Waals surface area contributed by atoms with Gasteiger partial charge in [-0.1, -0.05) is 12.1 Å². The van der Waals surface area contributed by atoms with Gasteiger partial charge in [-0.15, -0.1) is 11.3 Å². The fraction of sp³-hybridized carbons (Fsp3) is 0.154. The first-order chi connectivity index (χ1) is 8.09. The number of benzene rings is 1. The predicted octanol–water partition coefficient (Wildman–Crippen LogP) is 3.26. The smallest absolute Gasteiger partial charge is 0.256 e. The first-order valence-corrected chi connectivity index (χ1v) is 6.02. The van der Waals surface area contributed by atoms with Crippen LogP contribution in [0.15, 0.2) is 35.7 Å². The summed E-state index contributed by atoms with van der Waals surface area (Å²) in [4.78, 5) is 14.0. The van der Waals surface area contributed by atoms with E-state index in [9.17, 15) is 9.18 Å². The molecule has 0 unspecified atom stereocenters. The molecule has 0 bridgehead atoms. The number of amides is 1. The Morgan fingerprint density at radius 2 is 2.06 bits per heavy atom. The lowest BCUT2D eigenvalue weighted by atomic mass is 10.1. The molecule has 1 aromatic carbocycles. The molecular formula is C13H12FNOS. The van der Waals surface area contributed by atoms with Gasteiger partial charge in [-0.05, 0) is 29.1 Å². The number of hydrogen-bond donors (Lipinski definition) is 0. The van der Waals surface area contributed by atoms with Crippen molar-refractivity contribution in [2.24, 2.45) is 0 Å². The maximum atomic E-state index is 13.8. The van der Waals surface area contributed by atoms with Gasteiger partial charge in [0, 0.05) is 19.0 Å². The van der Waals surface area contributed by atoms with Crippen LogP contribution in [-0.4, -0.2) is 24.9 Å². The minimum Gasteiger partial charge on any atom is -0.345 e. The zero-order valence-electron chi connectivity index (χ0n) is 9.61. The highest BCUT2D eigenvalue weighted by atomic mass is 32.1. The predicted molar refractivity (Wildman–Crippen MR) is 67.7 cm³/mol. The number of halogens is 1. The number of hydrogen-bond acceptors (Lipinski definition) is 2. The van der Waals surface area contributed by atoms with Gasteiger partial charge in [-0.2, -0.15) is 0 Å². The van der Waals surface area contributed by atoms with Gasteiger partial charge in [-0.3, -0.25) is 4.79 Å². The number of nitrogens with zero attached hydrogens (tertiary/aromatic N) is 1. The fourth-order valence-corrected chi connectivity index (χ4v) is 2.25. The second kappa shape index (κ2) is 4.67. The molecule has 4 heteroatoms. The Bertz CT molecular complexity index is 534. The van der Waals surface area contributed by atoms with E-state index < -0.39 is 5.82 Å². The zero-order valence-corrected chi connectivity index (χ0v) is 10.4. The molecule has 0 N–H and O–H groups in total. The summed E-state index contributed by atoms with van der Waals surface area (Å²) in [6.07, 6.45) is 0. The highest BCUT2D eigenvalue weighted by molar-refractivity contribution is 7.13. The maximum Gasteiger partial charge on any atom is 0.256 e. The van der Waals surface area contributed by atoms with Crippen molar-refractivity contribution < 1.29 is 9.18 Å². The van der Waals surface area contributed by atoms with Crippen LogP contribution in [0.3, 0.4) is 0 Å². The van der Waals surface area contributed by atoms with Gasteiger partial charge in [0.15, 0.2) is 0 Å². The first kappa shape index (κ1) is 11.8. The summed E-state index contributed by atoms with van der Waals surface area (Å²) < 4.78 is 13.8. The van der Waals surface area contributed by atoms with Crippen LogP contribution in [-0.2, 0) is 0 Å². The van der Waals surface area contributed by atoms with Crippen molar-refractivity contribution in [1.82, 2.24) is 4.90 Å². The molecule has 2 aromatic rings. The Morgan fingerprint density at radius 3 is 2.59 bits per heavy atom. The van der Waals surface area contributed by atoms with E-state index in [1.54, 1.807) is 31.5 Å². The standard InChI is InChI=1S/C13H12FNOS/c1-15(2)13(16)10-6-5-9(8-11(10)14)12-4-3-7-17-12/h3-8H,1-2H3. The minimum absolute atomic E-state index is 0.107. The Balaban J connectivity index is 2.39. The molecule has 1 amide bonds. The second-order valence-corrected chi connectivity index (χ2v) is 4.82. The molecule has 17 heavy (non-hydrogen) atoms. The van der Waals surface area contributed by atoms with Gasteiger partial charge in [0.25, 0.3) is 5.91 Å². The first-order valence-electron chi connectivity index (χ1n) is 5.14. The fourth-order valence-electron chi connectivity index (χ4n) is 1.53. The second-order valence-electron chi connectivity index (χ2n) is 3.87. The summed E-state index contributed by atoms with van der Waals surface area (Å²) in [5, 5.41) is 1.94. The summed E-state index contributed by atoms with van der Waals surface area (Å²) in [6.45, 7) is 0. The van der Waals surface area contributed by atoms with Crippen LogP contribution in [0.4, 0.5) is 4.39 Å². The Morgan fingerprint density at radius 1 is 1.29 bits per heavy atom. The van der Waals surface area contributed by atoms with Crippen LogP contribution in [0.2, 0.25) is 0 Å². The monoisotopic (exact) mass is 249 g/mol. The van der Waals surface area contributed by atoms with Crippen molar-refractivity contribution in [2.45, 2.75) is 0 Å². The molecule has 0 spiro atoms. The third-order valence-corrected chi connectivity index (χ3v) is 3.33. The van der Waals surface area contributed by atoms with Crippen molar-refractivity contribution >= 4 is 17.2 Å². The Labute approximate surface area is 103 Å². The number of rotatable bonds is 2. The molecule has 0 saturated carbocycles. The van der Waals surface area contributed by atoms with Gasteiger partial charge in [0.05, 0.1) is 5.56 Å². The van der Waals surface area contributed by atoms with Crippen LogP contribution in [0.1, 0.15) is 10.4 Å². The van der Waals surface area contributed by atoms with Crippen molar-refractivity contribution in [2.75, 3.05) is 14.1 Å². The highest BCUT2D eigenvalue weighted by Gasteiger charge is 2.14. The summed E-state index contributed by atoms with van der Waals surface area (Å²) in [5.74, 6) is -0.796. The average molecular weight is 249 g/mol. The third-order valence-electron chi connectivity index (χ3n) is 2.41. The van der Waals surface area contributed by atoms with Gasteiger partial charge < -0.3 is 4.90 Å². The quantitative estimate of drug-likeness (QED) is 0.800. The zero-order chi connectivity index (χ0) is 12.4. The molecule has 88 valence electrons. The van der Waals surface area contributed by atoms with E-state index in [0.717, 1.165) is 10.4 Å². The Kier molecular flexibility index (Phi) is 3.24. The van der Waals surface area contributed by atoms with Crippen molar-refractivity contribution in [3.8, 4) is 10.4 Å². The van der Waals surface area contributed by atoms with E-state index in [1.807, 2.05) is 17.5 Å². The van der Waals surface area contributed by atoms with Gasteiger partial charge >= 0.3 is 0 Å². The van der Waals surface area contributed by atoms with E-state index in [0.29, 0.717) is 0 Å². The summed E-state index contributed by atoms with van der Waals surface area (Å²) in [7, 11) is 3.21. The van der Waals surface area contributed by atoms with E-state index >= 15 is 0 Å². The minimum atomic E-state index is -0.477. The summed E-state index contributed by atoms with van der Waals surface area (Å²) >= 11 is 1.54. The molecule has 0 fully saturated rings. The highest BCUT2D eigenvalue weighted by Crippen LogP contribution is 2.26. The molecule has 2 rings (SSSR count). The summed E-state index contributed by atoms with van der Waals surface area (Å²) in [6, 6.07) is 8.55. The molecule has 1 heterocycles. The van der Waals surface area contributed by atoms with Crippen molar-refractivity contribution in [3.63, 3.8) is 0 Å². The maximum absolute atomic E-state index is 13.8. The lowest BCUT2D eigenvalue weighted by Crippen LogP contribution is -2.22. The van der Waals surface area contributed by atoms with E-state index in [-0.39, 0.29) is 11.5 Å². The molecular weight excluding hydrogens is 237 g/mol. The van der Waals surface area contributed by atoms with Crippen LogP contribution < -0.4 is 0 Å². The van der Waals surface area contributed by atoms with Gasteiger partial charge in [0.2, 0.25) is 0 Å². The SMILES string of the molecule is CN(C)C(=O)c1ccc(-c2cccs2)cc1F. The molecule has 0 saturated heterocycles. The molecule has 0 atom stereocenters. The molecule has 0 aliphatic heterocycles. The molecule has 2 nitrogen and oxygen atoms in total. The van der Waals surface area contributed by atoms with Crippen LogP contribution in [0, 0.1) is 5.82 Å². The number of carbonyl (C=O) groups is 1. The van der Waals surface area contributed by atoms with Crippen LogP contribution in [0.25, 0.3) is 10.4 Å². The third kappa shape index (κ3) is 2.36. The topological polar surface area (TPSA) is 20.3 Å². The van der Waals surface area contributed by atoms with Crippen molar-refractivity contribution in [3.05, 3.63) is 47.1 Å². The van der Waals surface area contributed by atoms with Crippen LogP contribution in [0.5, 0.6) is 0 Å². The van der Waals surface area contributed by atoms with E-state index in [2.05, 4.69) is 0 Å². The lowest BCUT2D eigenvalue weighted by Gasteiger charge is -2.11. The van der Waals surface area contributed by atoms with Gasteiger partial charge in [-0.25, -0.2) is 4.39 Å². The summed E-state index contributed by atoms with van der Waals surface area (Å²) in [5.41, 5.74) is 0.906. The van der Waals surface area contributed by atoms with E-state index in [1.165, 1.54) is 17.0 Å².